The Morgan fingerprint density at radius 3 is 2.48 bits per heavy atom. The van der Waals surface area contributed by atoms with Gasteiger partial charge in [-0.1, -0.05) is 0 Å². The van der Waals surface area contributed by atoms with Crippen LogP contribution in [0.4, 0.5) is 5.69 Å². The number of ether oxygens (including phenoxy) is 3. The molecule has 0 saturated heterocycles. The number of esters is 1. The second-order valence-electron chi connectivity index (χ2n) is 4.08. The molecule has 0 radical (unpaired) electrons. The van der Waals surface area contributed by atoms with E-state index in [-0.39, 0.29) is 42.6 Å². The van der Waals surface area contributed by atoms with Gasteiger partial charge < -0.3 is 24.6 Å². The summed E-state index contributed by atoms with van der Waals surface area (Å²) in [4.78, 5) is 22.9. The van der Waals surface area contributed by atoms with Crippen molar-refractivity contribution in [2.24, 2.45) is 0 Å². The van der Waals surface area contributed by atoms with E-state index in [1.165, 1.54) is 26.4 Å². The van der Waals surface area contributed by atoms with Crippen molar-refractivity contribution in [3.05, 3.63) is 12.1 Å². The average molecular weight is 297 g/mol. The van der Waals surface area contributed by atoms with Crippen molar-refractivity contribution in [3.63, 3.8) is 0 Å². The molecule has 0 aliphatic carbocycles. The number of carbonyl (C=O) groups excluding carboxylic acids is 2. The molecule has 1 rings (SSSR count). The Hall–Kier alpha value is -2.44. The summed E-state index contributed by atoms with van der Waals surface area (Å²) in [6.45, 7) is 1.98. The van der Waals surface area contributed by atoms with Gasteiger partial charge in [-0.2, -0.15) is 0 Å². The number of rotatable bonds is 7. The maximum absolute atomic E-state index is 11.7. The van der Waals surface area contributed by atoms with Crippen LogP contribution < -0.4 is 14.8 Å². The van der Waals surface area contributed by atoms with Gasteiger partial charge in [0.05, 0.1) is 27.2 Å². The molecule has 0 aromatic heterocycles. The fourth-order valence-corrected chi connectivity index (χ4v) is 1.69. The maximum atomic E-state index is 11.7. The predicted octanol–water partition coefficient (Wildman–Crippen LogP) is 1.69. The number of amides is 1. The molecule has 1 aromatic rings. The van der Waals surface area contributed by atoms with Crippen LogP contribution in [0.1, 0.15) is 19.8 Å². The van der Waals surface area contributed by atoms with E-state index < -0.39 is 5.97 Å². The van der Waals surface area contributed by atoms with Crippen LogP contribution in [-0.2, 0) is 14.3 Å². The minimum absolute atomic E-state index is 0.00105. The molecule has 7 heteroatoms. The van der Waals surface area contributed by atoms with Gasteiger partial charge in [0.2, 0.25) is 11.7 Å². The van der Waals surface area contributed by atoms with Crippen LogP contribution in [0.5, 0.6) is 17.2 Å². The number of methoxy groups -OCH3 is 2. The molecule has 21 heavy (non-hydrogen) atoms. The molecule has 0 spiro atoms. The Balaban J connectivity index is 2.68. The number of hydrogen-bond donors (Lipinski definition) is 2. The second-order valence-corrected chi connectivity index (χ2v) is 4.08. The van der Waals surface area contributed by atoms with Crippen molar-refractivity contribution in [2.45, 2.75) is 19.8 Å². The zero-order chi connectivity index (χ0) is 15.8. The lowest BCUT2D eigenvalue weighted by molar-refractivity contribution is -0.144. The lowest BCUT2D eigenvalue weighted by atomic mass is 10.2. The van der Waals surface area contributed by atoms with E-state index in [0.717, 1.165) is 0 Å². The molecule has 2 N–H and O–H groups in total. The summed E-state index contributed by atoms with van der Waals surface area (Å²) < 4.78 is 14.8. The maximum Gasteiger partial charge on any atom is 0.306 e. The number of aromatic hydroxyl groups is 1. The van der Waals surface area contributed by atoms with Crippen molar-refractivity contribution in [1.82, 2.24) is 0 Å². The van der Waals surface area contributed by atoms with Gasteiger partial charge in [-0.25, -0.2) is 0 Å². The first kappa shape index (κ1) is 16.6. The Morgan fingerprint density at radius 1 is 1.19 bits per heavy atom. The highest BCUT2D eigenvalue weighted by atomic mass is 16.5. The summed E-state index contributed by atoms with van der Waals surface area (Å²) in [5.41, 5.74) is 0.346. The third-order valence-corrected chi connectivity index (χ3v) is 2.60. The number of anilines is 1. The van der Waals surface area contributed by atoms with Crippen LogP contribution in [-0.4, -0.2) is 37.8 Å². The molecule has 0 bridgehead atoms. The zero-order valence-corrected chi connectivity index (χ0v) is 12.3. The SMILES string of the molecule is CCOC(=O)CCC(=O)Nc1cc(O)c(OC)c(OC)c1. The number of carbonyl (C=O) groups is 2. The first-order chi connectivity index (χ1) is 10.0. The zero-order valence-electron chi connectivity index (χ0n) is 12.3. The van der Waals surface area contributed by atoms with E-state index in [4.69, 9.17) is 14.2 Å². The molecule has 0 aliphatic rings. The van der Waals surface area contributed by atoms with Crippen molar-refractivity contribution in [3.8, 4) is 17.2 Å². The van der Waals surface area contributed by atoms with Crippen LogP contribution in [0.2, 0.25) is 0 Å². The van der Waals surface area contributed by atoms with E-state index in [2.05, 4.69) is 5.32 Å². The van der Waals surface area contributed by atoms with E-state index in [0.29, 0.717) is 5.69 Å². The number of hydrogen-bond acceptors (Lipinski definition) is 6. The number of benzene rings is 1. The van der Waals surface area contributed by atoms with Gasteiger partial charge in [0, 0.05) is 24.2 Å². The van der Waals surface area contributed by atoms with Gasteiger partial charge in [-0.05, 0) is 6.92 Å². The second kappa shape index (κ2) is 7.98. The lowest BCUT2D eigenvalue weighted by Gasteiger charge is -2.12. The quantitative estimate of drug-likeness (QED) is 0.744. The van der Waals surface area contributed by atoms with Crippen LogP contribution in [0.3, 0.4) is 0 Å². The standard InChI is InChI=1S/C14H19NO6/c1-4-21-13(18)6-5-12(17)15-9-7-10(16)14(20-3)11(8-9)19-2/h7-8,16H,4-6H2,1-3H3,(H,15,17). The van der Waals surface area contributed by atoms with Gasteiger partial charge in [0.25, 0.3) is 0 Å². The van der Waals surface area contributed by atoms with Gasteiger partial charge in [0.1, 0.15) is 0 Å². The lowest BCUT2D eigenvalue weighted by Crippen LogP contribution is -2.14. The van der Waals surface area contributed by atoms with E-state index >= 15 is 0 Å². The van der Waals surface area contributed by atoms with Crippen LogP contribution in [0.25, 0.3) is 0 Å². The first-order valence-corrected chi connectivity index (χ1v) is 6.42. The number of phenols is 1. The highest BCUT2D eigenvalue weighted by Gasteiger charge is 2.14. The van der Waals surface area contributed by atoms with Gasteiger partial charge in [0.15, 0.2) is 11.5 Å². The first-order valence-electron chi connectivity index (χ1n) is 6.42. The van der Waals surface area contributed by atoms with Crippen molar-refractivity contribution in [2.75, 3.05) is 26.1 Å². The molecule has 0 saturated carbocycles. The predicted molar refractivity (Wildman–Crippen MR) is 75.7 cm³/mol. The Morgan fingerprint density at radius 2 is 1.90 bits per heavy atom. The van der Waals surface area contributed by atoms with Gasteiger partial charge in [-0.15, -0.1) is 0 Å². The number of phenolic OH excluding ortho intramolecular Hbond substituents is 1. The fourth-order valence-electron chi connectivity index (χ4n) is 1.69. The van der Waals surface area contributed by atoms with Gasteiger partial charge in [-0.3, -0.25) is 9.59 Å². The van der Waals surface area contributed by atoms with Crippen molar-refractivity contribution >= 4 is 17.6 Å². The highest BCUT2D eigenvalue weighted by Crippen LogP contribution is 2.39. The monoisotopic (exact) mass is 297 g/mol. The third kappa shape index (κ3) is 4.87. The summed E-state index contributed by atoms with van der Waals surface area (Å²) >= 11 is 0. The molecular weight excluding hydrogens is 278 g/mol. The third-order valence-electron chi connectivity index (χ3n) is 2.60. The largest absolute Gasteiger partial charge is 0.504 e. The minimum Gasteiger partial charge on any atom is -0.504 e. The fraction of sp³-hybridized carbons (Fsp3) is 0.429. The van der Waals surface area contributed by atoms with Crippen LogP contribution >= 0.6 is 0 Å². The Labute approximate surface area is 122 Å². The summed E-state index contributed by atoms with van der Waals surface area (Å²) in [7, 11) is 2.82. The Kier molecular flexibility index (Phi) is 6.32. The molecule has 0 heterocycles. The molecule has 1 amide bonds. The number of nitrogens with one attached hydrogen (secondary N) is 1. The normalized spacial score (nSPS) is 9.86. The molecular formula is C14H19NO6. The molecule has 116 valence electrons. The summed E-state index contributed by atoms with van der Waals surface area (Å²) in [6, 6.07) is 2.85. The highest BCUT2D eigenvalue weighted by molar-refractivity contribution is 5.93. The minimum atomic E-state index is -0.428. The molecule has 1 aromatic carbocycles. The molecule has 7 nitrogen and oxygen atoms in total. The molecule has 0 unspecified atom stereocenters. The summed E-state index contributed by atoms with van der Waals surface area (Å²) in [5.74, 6) is -0.477. The van der Waals surface area contributed by atoms with Crippen LogP contribution in [0.15, 0.2) is 12.1 Å². The van der Waals surface area contributed by atoms with E-state index in [1.807, 2.05) is 0 Å². The van der Waals surface area contributed by atoms with Crippen LogP contribution in [0, 0.1) is 0 Å². The van der Waals surface area contributed by atoms with E-state index in [9.17, 15) is 14.7 Å². The average Bonchev–Trinajstić information content (AvgIpc) is 2.44. The molecule has 0 atom stereocenters. The summed E-state index contributed by atoms with van der Waals surface area (Å²) in [6.07, 6.45) is -0.00706. The van der Waals surface area contributed by atoms with Gasteiger partial charge >= 0.3 is 5.97 Å². The smallest absolute Gasteiger partial charge is 0.306 e. The van der Waals surface area contributed by atoms with Crippen molar-refractivity contribution < 1.29 is 28.9 Å². The molecule has 0 aliphatic heterocycles. The topological polar surface area (TPSA) is 94.1 Å². The van der Waals surface area contributed by atoms with Crippen molar-refractivity contribution in [1.29, 1.82) is 0 Å². The molecule has 0 fully saturated rings. The van der Waals surface area contributed by atoms with E-state index in [1.54, 1.807) is 6.92 Å². The Bertz CT molecular complexity index is 514. The summed E-state index contributed by atoms with van der Waals surface area (Å²) in [5, 5.41) is 12.3.